The Morgan fingerprint density at radius 1 is 1.39 bits per heavy atom. The first-order valence-corrected chi connectivity index (χ1v) is 6.82. The highest BCUT2D eigenvalue weighted by atomic mass is 16.5. The van der Waals surface area contributed by atoms with Gasteiger partial charge < -0.3 is 9.47 Å². The van der Waals surface area contributed by atoms with E-state index in [-0.39, 0.29) is 0 Å². The van der Waals surface area contributed by atoms with Crippen LogP contribution in [0.3, 0.4) is 0 Å². The van der Waals surface area contributed by atoms with Crippen molar-refractivity contribution < 1.29 is 9.47 Å². The van der Waals surface area contributed by atoms with Crippen LogP contribution in [-0.4, -0.2) is 13.2 Å². The molecule has 1 heterocycles. The first kappa shape index (κ1) is 10.5. The van der Waals surface area contributed by atoms with E-state index in [0.29, 0.717) is 23.9 Å². The Morgan fingerprint density at radius 2 is 2.28 bits per heavy atom. The zero-order chi connectivity index (χ0) is 12.3. The Bertz CT molecular complexity index is 532. The molecule has 0 spiro atoms. The van der Waals surface area contributed by atoms with Gasteiger partial charge in [-0.15, -0.1) is 0 Å². The molecule has 18 heavy (non-hydrogen) atoms. The summed E-state index contributed by atoms with van der Waals surface area (Å²) in [5.41, 5.74) is 3.01. The van der Waals surface area contributed by atoms with Crippen molar-refractivity contribution in [3.63, 3.8) is 0 Å². The van der Waals surface area contributed by atoms with Crippen LogP contribution in [-0.2, 0) is 0 Å². The second-order valence-corrected chi connectivity index (χ2v) is 5.66. The molecule has 0 saturated heterocycles. The van der Waals surface area contributed by atoms with Gasteiger partial charge in [0.05, 0.1) is 7.11 Å². The molecule has 2 aliphatic carbocycles. The van der Waals surface area contributed by atoms with Crippen LogP contribution in [0.2, 0.25) is 0 Å². The van der Waals surface area contributed by atoms with Crippen molar-refractivity contribution in [2.45, 2.75) is 31.8 Å². The Morgan fingerprint density at radius 3 is 3.06 bits per heavy atom. The Balaban J connectivity index is 1.82. The van der Waals surface area contributed by atoms with Crippen molar-refractivity contribution >= 4 is 0 Å². The van der Waals surface area contributed by atoms with Crippen LogP contribution < -0.4 is 9.47 Å². The number of hydrogen-bond acceptors (Lipinski definition) is 2. The lowest BCUT2D eigenvalue weighted by molar-refractivity contribution is 0.156. The van der Waals surface area contributed by atoms with E-state index >= 15 is 0 Å². The van der Waals surface area contributed by atoms with Crippen LogP contribution in [0.25, 0.3) is 0 Å². The van der Waals surface area contributed by atoms with E-state index in [4.69, 9.17) is 9.47 Å². The molecule has 0 aromatic heterocycles. The fourth-order valence-electron chi connectivity index (χ4n) is 4.28. The van der Waals surface area contributed by atoms with Crippen molar-refractivity contribution in [1.82, 2.24) is 0 Å². The number of ether oxygens (including phenoxy) is 2. The molecule has 1 aliphatic heterocycles. The van der Waals surface area contributed by atoms with Gasteiger partial charge in [0.1, 0.15) is 6.10 Å². The second-order valence-electron chi connectivity index (χ2n) is 5.66. The van der Waals surface area contributed by atoms with Gasteiger partial charge in [0.15, 0.2) is 11.5 Å². The lowest BCUT2D eigenvalue weighted by Gasteiger charge is -2.25. The normalized spacial score (nSPS) is 37.6. The number of rotatable bonds is 1. The van der Waals surface area contributed by atoms with Gasteiger partial charge in [-0.3, -0.25) is 0 Å². The highest BCUT2D eigenvalue weighted by Gasteiger charge is 2.55. The van der Waals surface area contributed by atoms with Crippen molar-refractivity contribution in [2.75, 3.05) is 7.11 Å². The zero-order valence-corrected chi connectivity index (χ0v) is 10.8. The molecule has 1 aromatic carbocycles. The minimum absolute atomic E-state index is 0.394. The third kappa shape index (κ3) is 1.14. The monoisotopic (exact) mass is 242 g/mol. The van der Waals surface area contributed by atoms with E-state index in [1.165, 1.54) is 18.4 Å². The summed E-state index contributed by atoms with van der Waals surface area (Å²) in [4.78, 5) is 0. The second kappa shape index (κ2) is 3.53. The summed E-state index contributed by atoms with van der Waals surface area (Å²) in [6.07, 6.45) is 5.26. The molecule has 0 N–H and O–H groups in total. The SMILES string of the molecule is C/C=C1\CC2CC1C1c3cccc(OC)c3OC21. The van der Waals surface area contributed by atoms with E-state index < -0.39 is 0 Å². The molecule has 3 aliphatic rings. The maximum Gasteiger partial charge on any atom is 0.165 e. The quantitative estimate of drug-likeness (QED) is 0.701. The standard InChI is InChI=1S/C16H18O2/c1-3-9-7-10-8-12(9)14-11-5-4-6-13(17-2)16(11)18-15(10)14/h3-6,10,12,14-15H,7-8H2,1-2H3/b9-3+. The highest BCUT2D eigenvalue weighted by Crippen LogP contribution is 2.62. The van der Waals surface area contributed by atoms with E-state index in [1.807, 2.05) is 6.07 Å². The van der Waals surface area contributed by atoms with E-state index in [2.05, 4.69) is 25.1 Å². The van der Waals surface area contributed by atoms with Crippen LogP contribution >= 0.6 is 0 Å². The predicted molar refractivity (Wildman–Crippen MR) is 70.1 cm³/mol. The van der Waals surface area contributed by atoms with Gasteiger partial charge in [-0.1, -0.05) is 23.8 Å². The first-order valence-electron chi connectivity index (χ1n) is 6.82. The maximum atomic E-state index is 6.23. The summed E-state index contributed by atoms with van der Waals surface area (Å²) in [7, 11) is 1.72. The molecule has 2 bridgehead atoms. The third-order valence-electron chi connectivity index (χ3n) is 5.00. The minimum Gasteiger partial charge on any atom is -0.493 e. The van der Waals surface area contributed by atoms with Crippen LogP contribution in [0, 0.1) is 11.8 Å². The average Bonchev–Trinajstić information content (AvgIpc) is 3.06. The molecule has 94 valence electrons. The molecule has 0 radical (unpaired) electrons. The van der Waals surface area contributed by atoms with Crippen molar-refractivity contribution in [3.8, 4) is 11.5 Å². The molecule has 0 amide bonds. The van der Waals surface area contributed by atoms with Crippen molar-refractivity contribution in [1.29, 1.82) is 0 Å². The van der Waals surface area contributed by atoms with Gasteiger partial charge in [-0.25, -0.2) is 0 Å². The van der Waals surface area contributed by atoms with Gasteiger partial charge in [0.2, 0.25) is 0 Å². The molecule has 4 atom stereocenters. The number of para-hydroxylation sites is 1. The van der Waals surface area contributed by atoms with Crippen LogP contribution in [0.4, 0.5) is 0 Å². The summed E-state index contributed by atoms with van der Waals surface area (Å²) in [6.45, 7) is 2.17. The van der Waals surface area contributed by atoms with Crippen LogP contribution in [0.5, 0.6) is 11.5 Å². The largest absolute Gasteiger partial charge is 0.493 e. The Kier molecular flexibility index (Phi) is 2.06. The van der Waals surface area contributed by atoms with E-state index in [1.54, 1.807) is 12.7 Å². The van der Waals surface area contributed by atoms with E-state index in [0.717, 1.165) is 11.5 Å². The summed E-state index contributed by atoms with van der Waals surface area (Å²) in [5, 5.41) is 0. The Hall–Kier alpha value is -1.44. The first-order chi connectivity index (χ1) is 8.83. The molecular formula is C16H18O2. The Labute approximate surface area is 108 Å². The molecule has 2 nitrogen and oxygen atoms in total. The van der Waals surface area contributed by atoms with Gasteiger partial charge in [0, 0.05) is 17.4 Å². The molecule has 4 unspecified atom stereocenters. The lowest BCUT2D eigenvalue weighted by Crippen LogP contribution is -2.26. The fraction of sp³-hybridized carbons (Fsp3) is 0.500. The number of methoxy groups -OCH3 is 1. The lowest BCUT2D eigenvalue weighted by atomic mass is 9.80. The predicted octanol–water partition coefficient (Wildman–Crippen LogP) is 3.53. The maximum absolute atomic E-state index is 6.23. The van der Waals surface area contributed by atoms with Crippen molar-refractivity contribution in [3.05, 3.63) is 35.4 Å². The zero-order valence-electron chi connectivity index (χ0n) is 10.8. The van der Waals surface area contributed by atoms with Crippen LogP contribution in [0.15, 0.2) is 29.8 Å². The molecule has 2 saturated carbocycles. The van der Waals surface area contributed by atoms with Gasteiger partial charge >= 0.3 is 0 Å². The highest BCUT2D eigenvalue weighted by molar-refractivity contribution is 5.54. The van der Waals surface area contributed by atoms with E-state index in [9.17, 15) is 0 Å². The summed E-state index contributed by atoms with van der Waals surface area (Å²) in [5.74, 6) is 3.88. The molecular weight excluding hydrogens is 224 g/mol. The number of allylic oxidation sites excluding steroid dienone is 2. The molecule has 1 aromatic rings. The number of hydrogen-bond donors (Lipinski definition) is 0. The summed E-state index contributed by atoms with van der Waals surface area (Å²) in [6, 6.07) is 6.31. The molecule has 4 rings (SSSR count). The minimum atomic E-state index is 0.394. The average molecular weight is 242 g/mol. The topological polar surface area (TPSA) is 18.5 Å². The molecule has 2 heteroatoms. The van der Waals surface area contributed by atoms with Crippen LogP contribution in [0.1, 0.15) is 31.2 Å². The molecule has 2 fully saturated rings. The van der Waals surface area contributed by atoms with Gasteiger partial charge in [-0.05, 0) is 31.7 Å². The fourth-order valence-corrected chi connectivity index (χ4v) is 4.28. The summed E-state index contributed by atoms with van der Waals surface area (Å²) >= 11 is 0. The van der Waals surface area contributed by atoms with Crippen molar-refractivity contribution in [2.24, 2.45) is 11.8 Å². The third-order valence-corrected chi connectivity index (χ3v) is 5.00. The summed E-state index contributed by atoms with van der Waals surface area (Å²) < 4.78 is 11.7. The van der Waals surface area contributed by atoms with Gasteiger partial charge in [0.25, 0.3) is 0 Å². The van der Waals surface area contributed by atoms with Gasteiger partial charge in [-0.2, -0.15) is 0 Å². The smallest absolute Gasteiger partial charge is 0.165 e. The number of benzene rings is 1. The number of fused-ring (bicyclic) bond motifs is 7.